The van der Waals surface area contributed by atoms with E-state index in [9.17, 15) is 20.1 Å². The predicted molar refractivity (Wildman–Crippen MR) is 157 cm³/mol. The van der Waals surface area contributed by atoms with Gasteiger partial charge in [-0.05, 0) is 25.0 Å². The lowest BCUT2D eigenvalue weighted by molar-refractivity contribution is -0.236. The van der Waals surface area contributed by atoms with E-state index < -0.39 is 39.6 Å². The van der Waals surface area contributed by atoms with Crippen molar-refractivity contribution in [3.8, 4) is 11.8 Å². The number of fused-ring (bicyclic) bond motifs is 2. The van der Waals surface area contributed by atoms with Crippen LogP contribution in [0.2, 0.25) is 39.3 Å². The van der Waals surface area contributed by atoms with Crippen LogP contribution in [0.1, 0.15) is 48.9 Å². The first-order valence-electron chi connectivity index (χ1n) is 13.6. The van der Waals surface area contributed by atoms with Gasteiger partial charge >= 0.3 is 5.97 Å². The van der Waals surface area contributed by atoms with E-state index in [0.717, 1.165) is 16.2 Å². The standard InChI is InChI=1S/C14H23NO4Si.C14H21NO4Si/c2*1-6-14(17)10-7-11(20(3,4)5)15-12(18-2)9(10)8-19-13(14)16/h7,13,16-17H,6,8H2,1-5H3;7,17H,6,8H2,1-5H3/t13-,14+;14-/m11/s1. The maximum Gasteiger partial charge on any atom is 0.343 e. The summed E-state index contributed by atoms with van der Waals surface area (Å²) < 4.78 is 21.0. The second-order valence-corrected chi connectivity index (χ2v) is 22.3. The number of carbonyl (C=O) groups is 1. The Bertz CT molecular complexity index is 1260. The van der Waals surface area contributed by atoms with Gasteiger partial charge in [0.2, 0.25) is 11.8 Å². The summed E-state index contributed by atoms with van der Waals surface area (Å²) >= 11 is 0. The summed E-state index contributed by atoms with van der Waals surface area (Å²) in [5.41, 5.74) is -0.345. The molecule has 2 aromatic heterocycles. The molecule has 0 bridgehead atoms. The van der Waals surface area contributed by atoms with Crippen LogP contribution in [-0.4, -0.2) is 67.9 Å². The topological polar surface area (TPSA) is 140 Å². The molecule has 2 aromatic rings. The van der Waals surface area contributed by atoms with Crippen LogP contribution < -0.4 is 20.1 Å². The highest BCUT2D eigenvalue weighted by Crippen LogP contribution is 2.40. The van der Waals surface area contributed by atoms with E-state index in [1.807, 2.05) is 19.1 Å². The van der Waals surface area contributed by atoms with Crippen molar-refractivity contribution < 1.29 is 39.1 Å². The molecular weight excluding hydrogens is 548 g/mol. The van der Waals surface area contributed by atoms with Crippen LogP contribution in [-0.2, 0) is 38.7 Å². The molecule has 3 atom stereocenters. The van der Waals surface area contributed by atoms with E-state index in [-0.39, 0.29) is 19.6 Å². The quantitative estimate of drug-likeness (QED) is 0.338. The van der Waals surface area contributed by atoms with E-state index in [4.69, 9.17) is 18.9 Å². The van der Waals surface area contributed by atoms with Crippen LogP contribution in [0, 0.1) is 0 Å². The average Bonchev–Trinajstić information content (AvgIpc) is 2.91. The zero-order valence-corrected chi connectivity index (χ0v) is 27.3. The van der Waals surface area contributed by atoms with Gasteiger partial charge in [-0.2, -0.15) is 0 Å². The third-order valence-corrected chi connectivity index (χ3v) is 11.1. The van der Waals surface area contributed by atoms with Gasteiger partial charge in [-0.15, -0.1) is 0 Å². The number of cyclic esters (lactones) is 1. The van der Waals surface area contributed by atoms with Gasteiger partial charge in [0.25, 0.3) is 0 Å². The summed E-state index contributed by atoms with van der Waals surface area (Å²) in [6.45, 7) is 16.9. The zero-order valence-electron chi connectivity index (χ0n) is 25.3. The van der Waals surface area contributed by atoms with Gasteiger partial charge in [-0.3, -0.25) is 0 Å². The number of methoxy groups -OCH3 is 2. The fourth-order valence-corrected chi connectivity index (χ4v) is 6.77. The molecule has 40 heavy (non-hydrogen) atoms. The van der Waals surface area contributed by atoms with Crippen molar-refractivity contribution in [3.63, 3.8) is 0 Å². The maximum atomic E-state index is 11.9. The van der Waals surface area contributed by atoms with E-state index in [0.29, 0.717) is 34.9 Å². The van der Waals surface area contributed by atoms with Gasteiger partial charge in [0, 0.05) is 27.3 Å². The number of nitrogens with zero attached hydrogens (tertiary/aromatic N) is 2. The van der Waals surface area contributed by atoms with Gasteiger partial charge in [-0.25, -0.2) is 14.8 Å². The Kier molecular flexibility index (Phi) is 9.24. The van der Waals surface area contributed by atoms with Gasteiger partial charge in [0.15, 0.2) is 11.9 Å². The molecule has 0 aliphatic carbocycles. The Morgan fingerprint density at radius 3 is 1.77 bits per heavy atom. The molecule has 10 nitrogen and oxygen atoms in total. The molecule has 0 unspecified atom stereocenters. The summed E-state index contributed by atoms with van der Waals surface area (Å²) in [6, 6.07) is 3.77. The number of carbonyl (C=O) groups excluding carboxylic acids is 1. The molecule has 0 radical (unpaired) electrons. The monoisotopic (exact) mass is 592 g/mol. The molecule has 3 N–H and O–H groups in total. The zero-order chi connectivity index (χ0) is 30.3. The van der Waals surface area contributed by atoms with Crippen LogP contribution in [0.4, 0.5) is 0 Å². The number of rotatable bonds is 6. The van der Waals surface area contributed by atoms with E-state index in [1.165, 1.54) is 7.11 Å². The first kappa shape index (κ1) is 32.2. The Balaban J connectivity index is 0.000000220. The molecule has 0 spiro atoms. The fraction of sp³-hybridized carbons (Fsp3) is 0.607. The van der Waals surface area contributed by atoms with Crippen molar-refractivity contribution in [2.75, 3.05) is 14.2 Å². The minimum atomic E-state index is -1.69. The summed E-state index contributed by atoms with van der Waals surface area (Å²) in [5, 5.41) is 33.3. The van der Waals surface area contributed by atoms with Crippen LogP contribution in [0.25, 0.3) is 0 Å². The Labute approximate surface area is 238 Å². The number of aliphatic hydroxyl groups is 3. The van der Waals surface area contributed by atoms with Crippen molar-refractivity contribution in [1.29, 1.82) is 0 Å². The predicted octanol–water partition coefficient (Wildman–Crippen LogP) is 2.37. The number of pyridine rings is 2. The minimum Gasteiger partial charge on any atom is -0.481 e. The summed E-state index contributed by atoms with van der Waals surface area (Å²) in [4.78, 5) is 21.1. The van der Waals surface area contributed by atoms with Crippen molar-refractivity contribution in [1.82, 2.24) is 9.97 Å². The van der Waals surface area contributed by atoms with Gasteiger partial charge < -0.3 is 34.3 Å². The molecule has 0 fully saturated rings. The molecule has 222 valence electrons. The van der Waals surface area contributed by atoms with Gasteiger partial charge in [-0.1, -0.05) is 53.1 Å². The van der Waals surface area contributed by atoms with E-state index in [2.05, 4.69) is 49.3 Å². The molecular formula is C28H44N2O8Si2. The van der Waals surface area contributed by atoms with Crippen LogP contribution in [0.5, 0.6) is 11.8 Å². The molecule has 0 saturated carbocycles. The highest BCUT2D eigenvalue weighted by molar-refractivity contribution is 6.88. The fourth-order valence-electron chi connectivity index (χ4n) is 4.74. The summed E-state index contributed by atoms with van der Waals surface area (Å²) in [5.74, 6) is 0.334. The number of aromatic nitrogens is 2. The lowest BCUT2D eigenvalue weighted by atomic mass is 9.86. The summed E-state index contributed by atoms with van der Waals surface area (Å²) in [7, 11) is -0.252. The third kappa shape index (κ3) is 5.83. The third-order valence-electron chi connectivity index (χ3n) is 7.54. The lowest BCUT2D eigenvalue weighted by Gasteiger charge is -2.38. The second-order valence-electron chi connectivity index (χ2n) is 12.3. The number of aliphatic hydroxyl groups excluding tert-OH is 1. The van der Waals surface area contributed by atoms with Crippen LogP contribution >= 0.6 is 0 Å². The summed E-state index contributed by atoms with van der Waals surface area (Å²) in [6.07, 6.45) is -0.599. The van der Waals surface area contributed by atoms with Gasteiger partial charge in [0.05, 0.1) is 26.4 Å². The maximum absolute atomic E-state index is 11.9. The molecule has 4 rings (SSSR count). The van der Waals surface area contributed by atoms with Crippen molar-refractivity contribution in [2.45, 2.75) is 96.7 Å². The first-order chi connectivity index (χ1) is 18.5. The molecule has 12 heteroatoms. The molecule has 0 aromatic carbocycles. The van der Waals surface area contributed by atoms with Crippen molar-refractivity contribution in [3.05, 3.63) is 34.4 Å². The lowest BCUT2D eigenvalue weighted by Crippen LogP contribution is -2.48. The highest BCUT2D eigenvalue weighted by Gasteiger charge is 2.46. The normalized spacial score (nSPS) is 24.2. The molecule has 2 aliphatic rings. The largest absolute Gasteiger partial charge is 0.481 e. The van der Waals surface area contributed by atoms with Crippen molar-refractivity contribution in [2.24, 2.45) is 0 Å². The van der Waals surface area contributed by atoms with E-state index in [1.54, 1.807) is 14.0 Å². The molecule has 0 amide bonds. The average molecular weight is 593 g/mol. The highest BCUT2D eigenvalue weighted by atomic mass is 28.3. The first-order valence-corrected chi connectivity index (χ1v) is 20.6. The van der Waals surface area contributed by atoms with Gasteiger partial charge in [0.1, 0.15) is 28.4 Å². The number of hydrogen-bond acceptors (Lipinski definition) is 10. The molecule has 0 saturated heterocycles. The van der Waals surface area contributed by atoms with Crippen LogP contribution in [0.15, 0.2) is 12.1 Å². The number of hydrogen-bond donors (Lipinski definition) is 3. The van der Waals surface area contributed by atoms with E-state index >= 15 is 0 Å². The smallest absolute Gasteiger partial charge is 0.343 e. The number of ether oxygens (including phenoxy) is 4. The Morgan fingerprint density at radius 2 is 1.35 bits per heavy atom. The Hall–Kier alpha value is -2.36. The number of esters is 1. The van der Waals surface area contributed by atoms with Crippen LogP contribution in [0.3, 0.4) is 0 Å². The molecule has 4 heterocycles. The SMILES string of the molecule is CC[C@]1(O)C(=O)OCc2c1cc([Si](C)(C)C)nc2OC.CC[C@]1(O)c2cc([Si](C)(C)C)nc(OC)c2CO[C@H]1O. The Morgan fingerprint density at radius 1 is 0.875 bits per heavy atom. The van der Waals surface area contributed by atoms with Crippen molar-refractivity contribution >= 4 is 32.8 Å². The second kappa shape index (κ2) is 11.5. The molecule has 2 aliphatic heterocycles. The minimum absolute atomic E-state index is 0.0959.